The van der Waals surface area contributed by atoms with Crippen LogP contribution >= 0.6 is 0 Å². The maximum atomic E-state index is 12.1. The van der Waals surface area contributed by atoms with Crippen molar-refractivity contribution in [2.24, 2.45) is 0 Å². The normalized spacial score (nSPS) is 10.3. The summed E-state index contributed by atoms with van der Waals surface area (Å²) in [5, 5.41) is 24.7. The van der Waals surface area contributed by atoms with Crippen LogP contribution in [0.2, 0.25) is 0 Å². The standard InChI is InChI=1S/C3H2FN5O4/c4-3-5-1(6-7-3)2(8(10)11)9(12)13/h2H,(H,5,6,7). The summed E-state index contributed by atoms with van der Waals surface area (Å²) >= 11 is 0. The molecule has 1 aromatic rings. The van der Waals surface area contributed by atoms with Gasteiger partial charge in [0.25, 0.3) is 5.82 Å². The van der Waals surface area contributed by atoms with E-state index in [9.17, 15) is 24.6 Å². The summed E-state index contributed by atoms with van der Waals surface area (Å²) in [7, 11) is 0. The van der Waals surface area contributed by atoms with Crippen LogP contribution in [0.15, 0.2) is 0 Å². The average molecular weight is 191 g/mol. The van der Waals surface area contributed by atoms with Crippen LogP contribution in [0.25, 0.3) is 0 Å². The summed E-state index contributed by atoms with van der Waals surface area (Å²) in [6, 6.07) is 0. The minimum absolute atomic E-state index is 0.743. The Morgan fingerprint density at radius 3 is 2.23 bits per heavy atom. The zero-order chi connectivity index (χ0) is 10.0. The highest BCUT2D eigenvalue weighted by atomic mass is 19.1. The number of nitrogens with one attached hydrogen (secondary N) is 1. The lowest BCUT2D eigenvalue weighted by atomic mass is 10.5. The Balaban J connectivity index is 3.02. The van der Waals surface area contributed by atoms with E-state index < -0.39 is 27.9 Å². The fraction of sp³-hybridized carbons (Fsp3) is 0.333. The van der Waals surface area contributed by atoms with Crippen molar-refractivity contribution in [3.8, 4) is 0 Å². The van der Waals surface area contributed by atoms with E-state index >= 15 is 0 Å². The van der Waals surface area contributed by atoms with Crippen LogP contribution in [0.3, 0.4) is 0 Å². The predicted octanol–water partition coefficient (Wildman–Crippen LogP) is -0.504. The lowest BCUT2D eigenvalue weighted by Gasteiger charge is -1.95. The quantitative estimate of drug-likeness (QED) is 0.389. The molecule has 0 aliphatic heterocycles. The first-order chi connectivity index (χ1) is 6.02. The molecule has 10 heteroatoms. The second-order valence-corrected chi connectivity index (χ2v) is 1.93. The largest absolute Gasteiger partial charge is 0.509 e. The van der Waals surface area contributed by atoms with Gasteiger partial charge in [0.1, 0.15) is 9.85 Å². The van der Waals surface area contributed by atoms with Gasteiger partial charge in [-0.2, -0.15) is 9.37 Å². The molecule has 0 saturated carbocycles. The van der Waals surface area contributed by atoms with Gasteiger partial charge in [-0.25, -0.2) is 5.10 Å². The molecule has 0 spiro atoms. The van der Waals surface area contributed by atoms with Gasteiger partial charge in [-0.05, 0) is 0 Å². The highest BCUT2D eigenvalue weighted by Gasteiger charge is 2.38. The van der Waals surface area contributed by atoms with E-state index in [0.29, 0.717) is 0 Å². The van der Waals surface area contributed by atoms with Crippen LogP contribution in [0.1, 0.15) is 12.0 Å². The topological polar surface area (TPSA) is 128 Å². The third-order valence-corrected chi connectivity index (χ3v) is 1.12. The van der Waals surface area contributed by atoms with Crippen LogP contribution < -0.4 is 0 Å². The van der Waals surface area contributed by atoms with Crippen molar-refractivity contribution in [1.82, 2.24) is 15.2 Å². The molecule has 0 amide bonds. The number of H-pyrrole nitrogens is 1. The molecule has 1 N–H and O–H groups in total. The Hall–Kier alpha value is -2.13. The Kier molecular flexibility index (Phi) is 2.13. The molecule has 1 rings (SSSR count). The summed E-state index contributed by atoms with van der Waals surface area (Å²) in [4.78, 5) is 20.6. The Morgan fingerprint density at radius 1 is 1.38 bits per heavy atom. The van der Waals surface area contributed by atoms with E-state index in [1.165, 1.54) is 0 Å². The summed E-state index contributed by atoms with van der Waals surface area (Å²) in [6.07, 6.45) is -3.58. The molecule has 0 aliphatic rings. The number of hydrogen-bond donors (Lipinski definition) is 1. The van der Waals surface area contributed by atoms with Gasteiger partial charge >= 0.3 is 12.2 Å². The molecule has 0 atom stereocenters. The number of nitrogens with zero attached hydrogens (tertiary/aromatic N) is 4. The molecule has 0 saturated heterocycles. The van der Waals surface area contributed by atoms with Gasteiger partial charge in [0.2, 0.25) is 0 Å². The Bertz CT molecular complexity index is 335. The fourth-order valence-corrected chi connectivity index (χ4v) is 0.645. The Labute approximate surface area is 68.9 Å². The second kappa shape index (κ2) is 3.08. The second-order valence-electron chi connectivity index (χ2n) is 1.93. The van der Waals surface area contributed by atoms with Gasteiger partial charge in [0.15, 0.2) is 0 Å². The average Bonchev–Trinajstić information content (AvgIpc) is 2.34. The lowest BCUT2D eigenvalue weighted by Crippen LogP contribution is -2.21. The minimum atomic E-state index is -2.31. The zero-order valence-electron chi connectivity index (χ0n) is 5.88. The molecule has 1 heterocycles. The van der Waals surface area contributed by atoms with Crippen LogP contribution in [-0.4, -0.2) is 25.0 Å². The van der Waals surface area contributed by atoms with Crippen molar-refractivity contribution in [3.63, 3.8) is 0 Å². The van der Waals surface area contributed by atoms with Crippen molar-refractivity contribution in [3.05, 3.63) is 32.1 Å². The molecule has 0 aliphatic carbocycles. The SMILES string of the molecule is O=[N+]([O-])C(c1nc(F)n[nH]1)[N+](=O)[O-]. The molecule has 0 fully saturated rings. The smallest absolute Gasteiger partial charge is 0.258 e. The van der Waals surface area contributed by atoms with E-state index in [1.807, 2.05) is 0 Å². The van der Waals surface area contributed by atoms with Crippen molar-refractivity contribution in [2.45, 2.75) is 6.17 Å². The summed E-state index contributed by atoms with van der Waals surface area (Å²) in [5.41, 5.74) is 0. The van der Waals surface area contributed by atoms with Gasteiger partial charge in [-0.3, -0.25) is 20.2 Å². The summed E-state index contributed by atoms with van der Waals surface area (Å²) in [6.45, 7) is 0. The molecule has 0 unspecified atom stereocenters. The highest BCUT2D eigenvalue weighted by molar-refractivity contribution is 4.81. The van der Waals surface area contributed by atoms with E-state index in [0.717, 1.165) is 0 Å². The van der Waals surface area contributed by atoms with Gasteiger partial charge in [-0.1, -0.05) is 0 Å². The molecule has 0 bridgehead atoms. The molecule has 0 radical (unpaired) electrons. The van der Waals surface area contributed by atoms with Crippen LogP contribution in [0, 0.1) is 26.3 Å². The van der Waals surface area contributed by atoms with Crippen LogP contribution in [0.5, 0.6) is 0 Å². The predicted molar refractivity (Wildman–Crippen MR) is 33.1 cm³/mol. The molecular formula is C3H2FN5O4. The third kappa shape index (κ3) is 1.72. The zero-order valence-corrected chi connectivity index (χ0v) is 5.88. The number of aromatic nitrogens is 3. The van der Waals surface area contributed by atoms with Gasteiger partial charge < -0.3 is 0 Å². The summed E-state index contributed by atoms with van der Waals surface area (Å²) < 4.78 is 12.1. The van der Waals surface area contributed by atoms with Gasteiger partial charge in [0.05, 0.1) is 0 Å². The minimum Gasteiger partial charge on any atom is -0.258 e. The highest BCUT2D eigenvalue weighted by Crippen LogP contribution is 2.11. The van der Waals surface area contributed by atoms with Crippen LogP contribution in [-0.2, 0) is 0 Å². The number of aromatic amines is 1. The molecular weight excluding hydrogens is 189 g/mol. The maximum absolute atomic E-state index is 12.1. The number of hydrogen-bond acceptors (Lipinski definition) is 6. The van der Waals surface area contributed by atoms with E-state index in [2.05, 4.69) is 10.1 Å². The number of halogens is 1. The first kappa shape index (κ1) is 8.96. The fourth-order valence-electron chi connectivity index (χ4n) is 0.645. The number of rotatable bonds is 3. The van der Waals surface area contributed by atoms with Crippen LogP contribution in [0.4, 0.5) is 4.39 Å². The first-order valence-corrected chi connectivity index (χ1v) is 2.87. The Morgan fingerprint density at radius 2 is 1.92 bits per heavy atom. The van der Waals surface area contributed by atoms with Crippen molar-refractivity contribution in [2.75, 3.05) is 0 Å². The molecule has 70 valence electrons. The number of nitro groups is 2. The van der Waals surface area contributed by atoms with Gasteiger partial charge in [0, 0.05) is 0 Å². The van der Waals surface area contributed by atoms with Gasteiger partial charge in [-0.15, -0.1) is 5.10 Å². The van der Waals surface area contributed by atoms with Crippen molar-refractivity contribution >= 4 is 0 Å². The van der Waals surface area contributed by atoms with Crippen molar-refractivity contribution in [1.29, 1.82) is 0 Å². The molecule has 0 aromatic carbocycles. The van der Waals surface area contributed by atoms with Crippen molar-refractivity contribution < 1.29 is 14.2 Å². The molecule has 9 nitrogen and oxygen atoms in total. The molecule has 1 aromatic heterocycles. The molecule has 13 heavy (non-hydrogen) atoms. The van der Waals surface area contributed by atoms with E-state index in [-0.39, 0.29) is 0 Å². The monoisotopic (exact) mass is 191 g/mol. The summed E-state index contributed by atoms with van der Waals surface area (Å²) in [5.74, 6) is -0.743. The van der Waals surface area contributed by atoms with E-state index in [4.69, 9.17) is 0 Å². The third-order valence-electron chi connectivity index (χ3n) is 1.12. The maximum Gasteiger partial charge on any atom is 0.509 e. The first-order valence-electron chi connectivity index (χ1n) is 2.87. The lowest BCUT2D eigenvalue weighted by molar-refractivity contribution is -0.754. The van der Waals surface area contributed by atoms with E-state index in [1.54, 1.807) is 5.10 Å².